The van der Waals surface area contributed by atoms with E-state index in [0.29, 0.717) is 6.04 Å². The van der Waals surface area contributed by atoms with Gasteiger partial charge in [-0.2, -0.15) is 0 Å². The molecule has 19 heavy (non-hydrogen) atoms. The van der Waals surface area contributed by atoms with Crippen molar-refractivity contribution in [2.45, 2.75) is 32.9 Å². The molecule has 1 atom stereocenters. The minimum Gasteiger partial charge on any atom is -0.378 e. The Morgan fingerprint density at radius 3 is 3.16 bits per heavy atom. The van der Waals surface area contributed by atoms with Crippen molar-refractivity contribution in [2.75, 3.05) is 32.8 Å². The summed E-state index contributed by atoms with van der Waals surface area (Å²) in [5, 5.41) is 3.49. The van der Waals surface area contributed by atoms with E-state index in [4.69, 9.17) is 4.74 Å². The van der Waals surface area contributed by atoms with Crippen LogP contribution in [0, 0.1) is 6.92 Å². The van der Waals surface area contributed by atoms with E-state index in [1.54, 1.807) is 0 Å². The Kier molecular flexibility index (Phi) is 5.76. The fraction of sp³-hybridized carbons (Fsp3) is 0.667. The Balaban J connectivity index is 1.91. The van der Waals surface area contributed by atoms with Gasteiger partial charge in [-0.05, 0) is 31.0 Å². The van der Waals surface area contributed by atoms with Crippen LogP contribution in [0.5, 0.6) is 0 Å². The molecule has 0 saturated carbocycles. The number of aromatic nitrogens is 1. The summed E-state index contributed by atoms with van der Waals surface area (Å²) in [6, 6.07) is 2.69. The number of hydrogen-bond acceptors (Lipinski definition) is 4. The van der Waals surface area contributed by atoms with Gasteiger partial charge in [-0.25, -0.2) is 0 Å². The quantitative estimate of drug-likeness (QED) is 0.791. The van der Waals surface area contributed by atoms with Gasteiger partial charge in [-0.1, -0.05) is 13.0 Å². The van der Waals surface area contributed by atoms with Gasteiger partial charge in [0, 0.05) is 38.1 Å². The highest BCUT2D eigenvalue weighted by molar-refractivity contribution is 5.16. The van der Waals surface area contributed by atoms with Gasteiger partial charge in [0.05, 0.1) is 13.2 Å². The summed E-state index contributed by atoms with van der Waals surface area (Å²) in [6.07, 6.45) is 5.05. The van der Waals surface area contributed by atoms with Crippen LogP contribution in [0.3, 0.4) is 0 Å². The summed E-state index contributed by atoms with van der Waals surface area (Å²) >= 11 is 0. The number of aryl methyl sites for hydroxylation is 1. The number of rotatable bonds is 6. The van der Waals surface area contributed by atoms with Gasteiger partial charge in [0.2, 0.25) is 0 Å². The van der Waals surface area contributed by atoms with Crippen LogP contribution < -0.4 is 5.32 Å². The van der Waals surface area contributed by atoms with Crippen LogP contribution in [-0.2, 0) is 11.3 Å². The molecule has 0 aromatic carbocycles. The van der Waals surface area contributed by atoms with Gasteiger partial charge in [0.1, 0.15) is 0 Å². The molecular weight excluding hydrogens is 238 g/mol. The molecule has 1 aromatic rings. The molecular formula is C15H25N3O. The van der Waals surface area contributed by atoms with Crippen molar-refractivity contribution in [2.24, 2.45) is 0 Å². The minimum absolute atomic E-state index is 0.473. The summed E-state index contributed by atoms with van der Waals surface area (Å²) in [7, 11) is 0. The monoisotopic (exact) mass is 263 g/mol. The Bertz CT molecular complexity index is 383. The van der Waals surface area contributed by atoms with E-state index in [-0.39, 0.29) is 0 Å². The molecule has 0 aliphatic carbocycles. The zero-order valence-electron chi connectivity index (χ0n) is 12.1. The van der Waals surface area contributed by atoms with Crippen molar-refractivity contribution >= 4 is 0 Å². The minimum atomic E-state index is 0.473. The summed E-state index contributed by atoms with van der Waals surface area (Å²) in [6.45, 7) is 10.0. The largest absolute Gasteiger partial charge is 0.378 e. The standard InChI is InChI=1S/C15H25N3O/c1-3-4-16-10-15-12-19-6-5-18(15)11-14-7-13(2)8-17-9-14/h7-9,15-16H,3-6,10-12H2,1-2H3. The van der Waals surface area contributed by atoms with Crippen molar-refractivity contribution in [3.63, 3.8) is 0 Å². The molecule has 1 fully saturated rings. The van der Waals surface area contributed by atoms with E-state index in [0.717, 1.165) is 39.4 Å². The number of nitrogens with zero attached hydrogens (tertiary/aromatic N) is 2. The van der Waals surface area contributed by atoms with E-state index in [1.807, 2.05) is 12.4 Å². The Morgan fingerprint density at radius 2 is 2.37 bits per heavy atom. The molecule has 2 rings (SSSR count). The maximum Gasteiger partial charge on any atom is 0.0635 e. The molecule has 1 aliphatic heterocycles. The molecule has 1 aliphatic rings. The zero-order valence-corrected chi connectivity index (χ0v) is 12.1. The summed E-state index contributed by atoms with van der Waals surface area (Å²) in [5.41, 5.74) is 2.52. The molecule has 4 nitrogen and oxygen atoms in total. The first-order valence-electron chi connectivity index (χ1n) is 7.22. The van der Waals surface area contributed by atoms with Crippen LogP contribution in [0.2, 0.25) is 0 Å². The second-order valence-corrected chi connectivity index (χ2v) is 5.27. The molecule has 0 bridgehead atoms. The maximum atomic E-state index is 5.61. The average molecular weight is 263 g/mol. The fourth-order valence-corrected chi connectivity index (χ4v) is 2.47. The molecule has 1 saturated heterocycles. The molecule has 2 heterocycles. The molecule has 1 N–H and O–H groups in total. The lowest BCUT2D eigenvalue weighted by Crippen LogP contribution is -2.49. The number of morpholine rings is 1. The van der Waals surface area contributed by atoms with Crippen LogP contribution >= 0.6 is 0 Å². The number of hydrogen-bond donors (Lipinski definition) is 1. The van der Waals surface area contributed by atoms with Gasteiger partial charge in [-0.15, -0.1) is 0 Å². The topological polar surface area (TPSA) is 37.4 Å². The van der Waals surface area contributed by atoms with Gasteiger partial charge in [0.25, 0.3) is 0 Å². The van der Waals surface area contributed by atoms with Crippen molar-refractivity contribution in [1.29, 1.82) is 0 Å². The van der Waals surface area contributed by atoms with Crippen LogP contribution in [0.1, 0.15) is 24.5 Å². The third-order valence-electron chi connectivity index (χ3n) is 3.47. The van der Waals surface area contributed by atoms with E-state index >= 15 is 0 Å². The van der Waals surface area contributed by atoms with E-state index in [9.17, 15) is 0 Å². The summed E-state index contributed by atoms with van der Waals surface area (Å²) in [4.78, 5) is 6.78. The summed E-state index contributed by atoms with van der Waals surface area (Å²) < 4.78 is 5.61. The molecule has 0 radical (unpaired) electrons. The van der Waals surface area contributed by atoms with Crippen molar-refractivity contribution < 1.29 is 4.74 Å². The predicted octanol–water partition coefficient (Wildman–Crippen LogP) is 1.59. The zero-order chi connectivity index (χ0) is 13.5. The van der Waals surface area contributed by atoms with Crippen molar-refractivity contribution in [3.8, 4) is 0 Å². The third-order valence-corrected chi connectivity index (χ3v) is 3.47. The highest BCUT2D eigenvalue weighted by Crippen LogP contribution is 2.12. The van der Waals surface area contributed by atoms with Gasteiger partial charge in [-0.3, -0.25) is 9.88 Å². The second kappa shape index (κ2) is 7.58. The maximum absolute atomic E-state index is 5.61. The van der Waals surface area contributed by atoms with Gasteiger partial charge in [0.15, 0.2) is 0 Å². The molecule has 0 spiro atoms. The lowest BCUT2D eigenvalue weighted by molar-refractivity contribution is -0.0109. The lowest BCUT2D eigenvalue weighted by Gasteiger charge is -2.35. The fourth-order valence-electron chi connectivity index (χ4n) is 2.47. The van der Waals surface area contributed by atoms with Gasteiger partial charge >= 0.3 is 0 Å². The normalized spacial score (nSPS) is 20.6. The predicted molar refractivity (Wildman–Crippen MR) is 77.2 cm³/mol. The second-order valence-electron chi connectivity index (χ2n) is 5.27. The summed E-state index contributed by atoms with van der Waals surface area (Å²) in [5.74, 6) is 0. The highest BCUT2D eigenvalue weighted by Gasteiger charge is 2.22. The molecule has 4 heteroatoms. The molecule has 1 aromatic heterocycles. The number of pyridine rings is 1. The average Bonchev–Trinajstić information content (AvgIpc) is 2.41. The number of nitrogens with one attached hydrogen (secondary N) is 1. The number of ether oxygens (including phenoxy) is 1. The first-order chi connectivity index (χ1) is 9.29. The lowest BCUT2D eigenvalue weighted by atomic mass is 10.1. The third kappa shape index (κ3) is 4.56. The first kappa shape index (κ1) is 14.4. The molecule has 0 amide bonds. The van der Waals surface area contributed by atoms with Crippen molar-refractivity contribution in [3.05, 3.63) is 29.6 Å². The van der Waals surface area contributed by atoms with Crippen LogP contribution in [0.25, 0.3) is 0 Å². The Hall–Kier alpha value is -0.970. The van der Waals surface area contributed by atoms with Crippen LogP contribution in [-0.4, -0.2) is 48.8 Å². The van der Waals surface area contributed by atoms with Gasteiger partial charge < -0.3 is 10.1 Å². The Labute approximate surface area is 116 Å². The SMILES string of the molecule is CCCNCC1COCCN1Cc1cncc(C)c1. The van der Waals surface area contributed by atoms with E-state index in [2.05, 4.69) is 35.1 Å². The molecule has 106 valence electrons. The van der Waals surface area contributed by atoms with E-state index < -0.39 is 0 Å². The van der Waals surface area contributed by atoms with Crippen molar-refractivity contribution in [1.82, 2.24) is 15.2 Å². The van der Waals surface area contributed by atoms with E-state index in [1.165, 1.54) is 17.5 Å². The molecule has 1 unspecified atom stereocenters. The first-order valence-corrected chi connectivity index (χ1v) is 7.22. The van der Waals surface area contributed by atoms with Crippen LogP contribution in [0.15, 0.2) is 18.5 Å². The highest BCUT2D eigenvalue weighted by atomic mass is 16.5. The Morgan fingerprint density at radius 1 is 1.47 bits per heavy atom. The smallest absolute Gasteiger partial charge is 0.0635 e. The van der Waals surface area contributed by atoms with Crippen LogP contribution in [0.4, 0.5) is 0 Å².